The van der Waals surface area contributed by atoms with Crippen molar-refractivity contribution in [3.05, 3.63) is 41.9 Å². The van der Waals surface area contributed by atoms with E-state index in [1.165, 1.54) is 0 Å². The number of nitrogens with zero attached hydrogens (tertiary/aromatic N) is 4. The number of ether oxygens (including phenoxy) is 1. The van der Waals surface area contributed by atoms with Crippen LogP contribution in [0.4, 0.5) is 11.5 Å². The van der Waals surface area contributed by atoms with Gasteiger partial charge in [0.05, 0.1) is 29.4 Å². The quantitative estimate of drug-likeness (QED) is 0.453. The highest BCUT2D eigenvalue weighted by Crippen LogP contribution is 2.48. The summed E-state index contributed by atoms with van der Waals surface area (Å²) in [5.74, 6) is 0.839. The Morgan fingerprint density at radius 3 is 2.74 bits per heavy atom. The van der Waals surface area contributed by atoms with Gasteiger partial charge in [-0.25, -0.2) is 9.97 Å². The summed E-state index contributed by atoms with van der Waals surface area (Å²) in [6, 6.07) is 6.07. The zero-order valence-corrected chi connectivity index (χ0v) is 20.1. The van der Waals surface area contributed by atoms with E-state index in [1.807, 2.05) is 19.2 Å². The van der Waals surface area contributed by atoms with Gasteiger partial charge in [0.15, 0.2) is 5.58 Å². The molecule has 35 heavy (non-hydrogen) atoms. The number of carbonyl (C=O) groups excluding carboxylic acids is 1. The number of benzene rings is 1. The molecule has 0 radical (unpaired) electrons. The van der Waals surface area contributed by atoms with Gasteiger partial charge in [-0.05, 0) is 50.5 Å². The fraction of sp³-hybridized carbons (Fsp3) is 0.385. The van der Waals surface area contributed by atoms with Gasteiger partial charge in [0.25, 0.3) is 0 Å². The number of aromatic nitrogens is 3. The molecule has 1 saturated heterocycles. The molecule has 180 valence electrons. The molecule has 4 heterocycles. The van der Waals surface area contributed by atoms with Crippen molar-refractivity contribution in [2.45, 2.75) is 38.2 Å². The number of hydrogen-bond donors (Lipinski definition) is 2. The normalized spacial score (nSPS) is 19.3. The number of amides is 1. The molecule has 1 saturated carbocycles. The lowest BCUT2D eigenvalue weighted by atomic mass is 9.98. The summed E-state index contributed by atoms with van der Waals surface area (Å²) in [4.78, 5) is 28.5. The number of morpholine rings is 1. The summed E-state index contributed by atoms with van der Waals surface area (Å²) in [6.07, 6.45) is 5.12. The average molecular weight is 473 g/mol. The molecule has 1 atom stereocenters. The van der Waals surface area contributed by atoms with Crippen LogP contribution in [0, 0.1) is 6.92 Å². The fourth-order valence-corrected chi connectivity index (χ4v) is 5.08. The second-order valence-electron chi connectivity index (χ2n) is 9.58. The maximum Gasteiger partial charge on any atom is 0.229 e. The number of anilines is 2. The zero-order valence-electron chi connectivity index (χ0n) is 20.1. The number of fused-ring (bicyclic) bond motifs is 2. The first-order valence-corrected chi connectivity index (χ1v) is 11.9. The molecule has 1 aliphatic heterocycles. The molecule has 1 amide bonds. The van der Waals surface area contributed by atoms with Crippen LogP contribution < -0.4 is 16.0 Å². The second kappa shape index (κ2) is 7.91. The van der Waals surface area contributed by atoms with Crippen LogP contribution in [-0.4, -0.2) is 53.7 Å². The first-order valence-electron chi connectivity index (χ1n) is 11.9. The smallest absolute Gasteiger partial charge is 0.229 e. The minimum absolute atomic E-state index is 0.188. The van der Waals surface area contributed by atoms with E-state index in [0.717, 1.165) is 51.8 Å². The molecule has 3 N–H and O–H groups in total. The third-order valence-corrected chi connectivity index (χ3v) is 7.24. The molecular weight excluding hydrogens is 444 g/mol. The third-order valence-electron chi connectivity index (χ3n) is 7.24. The summed E-state index contributed by atoms with van der Waals surface area (Å²) in [7, 11) is 1.82. The Morgan fingerprint density at radius 2 is 2.03 bits per heavy atom. The minimum Gasteiger partial charge on any atom is -0.436 e. The molecule has 1 unspecified atom stereocenters. The summed E-state index contributed by atoms with van der Waals surface area (Å²) in [5.41, 5.74) is 10.2. The molecule has 9 heteroatoms. The van der Waals surface area contributed by atoms with Crippen LogP contribution >= 0.6 is 0 Å². The fourth-order valence-electron chi connectivity index (χ4n) is 5.08. The van der Waals surface area contributed by atoms with Crippen molar-refractivity contribution in [2.24, 2.45) is 5.73 Å². The summed E-state index contributed by atoms with van der Waals surface area (Å²) >= 11 is 0. The van der Waals surface area contributed by atoms with Gasteiger partial charge in [-0.1, -0.05) is 0 Å². The first-order chi connectivity index (χ1) is 16.9. The topological polar surface area (TPSA) is 119 Å². The van der Waals surface area contributed by atoms with Crippen LogP contribution in [0.1, 0.15) is 31.0 Å². The van der Waals surface area contributed by atoms with E-state index in [2.05, 4.69) is 40.1 Å². The Kier molecular flexibility index (Phi) is 4.93. The monoisotopic (exact) mass is 472 g/mol. The van der Waals surface area contributed by atoms with Gasteiger partial charge in [-0.3, -0.25) is 9.78 Å². The van der Waals surface area contributed by atoms with Gasteiger partial charge in [0.2, 0.25) is 11.8 Å². The van der Waals surface area contributed by atoms with Crippen LogP contribution in [0.2, 0.25) is 0 Å². The van der Waals surface area contributed by atoms with Gasteiger partial charge in [-0.2, -0.15) is 0 Å². The molecule has 9 nitrogen and oxygen atoms in total. The zero-order chi connectivity index (χ0) is 24.3. The molecule has 0 bridgehead atoms. The molecule has 3 aromatic heterocycles. The molecule has 4 aromatic rings. The molecule has 2 fully saturated rings. The Labute approximate surface area is 202 Å². The maximum absolute atomic E-state index is 12.1. The van der Waals surface area contributed by atoms with E-state index in [1.54, 1.807) is 12.4 Å². The second-order valence-corrected chi connectivity index (χ2v) is 9.58. The number of carbonyl (C=O) groups is 1. The van der Waals surface area contributed by atoms with E-state index in [0.29, 0.717) is 36.9 Å². The summed E-state index contributed by atoms with van der Waals surface area (Å²) in [6.45, 7) is 6.58. The van der Waals surface area contributed by atoms with E-state index >= 15 is 0 Å². The van der Waals surface area contributed by atoms with E-state index in [9.17, 15) is 4.79 Å². The van der Waals surface area contributed by atoms with Gasteiger partial charge < -0.3 is 25.1 Å². The molecular formula is C26H28N6O3. The van der Waals surface area contributed by atoms with E-state index in [-0.39, 0.29) is 12.0 Å². The molecule has 6 rings (SSSR count). The molecule has 2 aliphatic rings. The number of pyridine rings is 2. The minimum atomic E-state index is -0.683. The lowest BCUT2D eigenvalue weighted by Gasteiger charge is -2.33. The SMILES string of the molecule is CNc1ncc(-c2nc3cc(N4CCOC(C)C4)c(C)cc3o2)c2cc(C3(C(N)=O)CC3)ncc12. The first kappa shape index (κ1) is 21.8. The van der Waals surface area contributed by atoms with Gasteiger partial charge in [0, 0.05) is 49.0 Å². The van der Waals surface area contributed by atoms with Gasteiger partial charge >= 0.3 is 0 Å². The molecule has 1 aliphatic carbocycles. The highest BCUT2D eigenvalue weighted by molar-refractivity contribution is 6.02. The highest BCUT2D eigenvalue weighted by atomic mass is 16.5. The van der Waals surface area contributed by atoms with Crippen molar-refractivity contribution in [3.63, 3.8) is 0 Å². The maximum atomic E-state index is 12.1. The lowest BCUT2D eigenvalue weighted by molar-refractivity contribution is -0.120. The Morgan fingerprint density at radius 1 is 1.20 bits per heavy atom. The predicted molar refractivity (Wildman–Crippen MR) is 135 cm³/mol. The van der Waals surface area contributed by atoms with Crippen molar-refractivity contribution in [3.8, 4) is 11.5 Å². The molecule has 0 spiro atoms. The van der Waals surface area contributed by atoms with Crippen LogP contribution in [0.15, 0.2) is 35.0 Å². The number of nitrogens with one attached hydrogen (secondary N) is 1. The summed E-state index contributed by atoms with van der Waals surface area (Å²) in [5, 5.41) is 4.81. The van der Waals surface area contributed by atoms with Gasteiger partial charge in [0.1, 0.15) is 11.3 Å². The number of aryl methyl sites for hydroxylation is 1. The number of oxazole rings is 1. The van der Waals surface area contributed by atoms with Crippen molar-refractivity contribution >= 4 is 39.3 Å². The summed E-state index contributed by atoms with van der Waals surface area (Å²) < 4.78 is 12.0. The lowest BCUT2D eigenvalue weighted by Crippen LogP contribution is -2.41. The van der Waals surface area contributed by atoms with Crippen molar-refractivity contribution in [1.29, 1.82) is 0 Å². The average Bonchev–Trinajstić information content (AvgIpc) is 3.57. The Balaban J connectivity index is 1.48. The number of nitrogens with two attached hydrogens (primary N) is 1. The largest absolute Gasteiger partial charge is 0.436 e. The van der Waals surface area contributed by atoms with E-state index < -0.39 is 5.41 Å². The Bertz CT molecular complexity index is 1480. The third kappa shape index (κ3) is 3.49. The van der Waals surface area contributed by atoms with Crippen molar-refractivity contribution < 1.29 is 13.9 Å². The number of rotatable bonds is 5. The van der Waals surface area contributed by atoms with Gasteiger partial charge in [-0.15, -0.1) is 0 Å². The van der Waals surface area contributed by atoms with Crippen LogP contribution in [-0.2, 0) is 14.9 Å². The predicted octanol–water partition coefficient (Wildman–Crippen LogP) is 3.53. The standard InChI is InChI=1S/C26H28N6O3/c1-14-8-21-19(10-20(14)32-6-7-34-15(2)13-32)31-24(35-21)18-12-30-23(28-3)17-11-29-22(9-16(17)18)26(4-5-26)25(27)33/h8-12,15H,4-7,13H2,1-3H3,(H2,27,33)(H,28,30). The van der Waals surface area contributed by atoms with E-state index in [4.69, 9.17) is 19.9 Å². The van der Waals surface area contributed by atoms with Crippen LogP contribution in [0.25, 0.3) is 33.3 Å². The molecule has 1 aromatic carbocycles. The van der Waals surface area contributed by atoms with Crippen LogP contribution in [0.3, 0.4) is 0 Å². The van der Waals surface area contributed by atoms with Crippen LogP contribution in [0.5, 0.6) is 0 Å². The number of hydrogen-bond acceptors (Lipinski definition) is 8. The van der Waals surface area contributed by atoms with Crippen molar-refractivity contribution in [1.82, 2.24) is 15.0 Å². The highest BCUT2D eigenvalue weighted by Gasteiger charge is 2.51. The Hall–Kier alpha value is -3.72. The number of primary amides is 1. The van der Waals surface area contributed by atoms with Crippen molar-refractivity contribution in [2.75, 3.05) is 37.0 Å².